The molecule has 5 nitrogen and oxygen atoms in total. The molecule has 1 heterocycles. The van der Waals surface area contributed by atoms with Gasteiger partial charge in [-0.2, -0.15) is 10.5 Å². The lowest BCUT2D eigenvalue weighted by Crippen LogP contribution is -2.32. The fraction of sp³-hybridized carbons (Fsp3) is 0.667. The summed E-state index contributed by atoms with van der Waals surface area (Å²) in [4.78, 5) is 4.83. The second-order valence-electron chi connectivity index (χ2n) is 9.23. The molecule has 0 saturated heterocycles. The van der Waals surface area contributed by atoms with Crippen molar-refractivity contribution in [3.63, 3.8) is 0 Å². The Kier molecular flexibility index (Phi) is 9.24. The highest BCUT2D eigenvalue weighted by atomic mass is 32.2. The van der Waals surface area contributed by atoms with Crippen molar-refractivity contribution in [3.8, 4) is 17.9 Å². The Hall–Kier alpha value is -1.83. The molecule has 7 heteroatoms. The van der Waals surface area contributed by atoms with Crippen molar-refractivity contribution in [2.24, 2.45) is 21.6 Å². The molecule has 1 aliphatic carbocycles. The molecule has 1 aromatic carbocycles. The van der Waals surface area contributed by atoms with Gasteiger partial charge in [-0.15, -0.1) is 23.5 Å². The van der Waals surface area contributed by atoms with Crippen molar-refractivity contribution in [1.82, 2.24) is 0 Å². The van der Waals surface area contributed by atoms with E-state index in [0.29, 0.717) is 12.4 Å². The summed E-state index contributed by atoms with van der Waals surface area (Å²) < 4.78 is 5.20. The van der Waals surface area contributed by atoms with Crippen LogP contribution in [0.3, 0.4) is 0 Å². The van der Waals surface area contributed by atoms with Crippen LogP contribution in [-0.4, -0.2) is 28.2 Å². The zero-order valence-corrected chi connectivity index (χ0v) is 22.4. The Morgan fingerprint density at radius 2 is 1.53 bits per heavy atom. The van der Waals surface area contributed by atoms with Crippen LogP contribution in [-0.2, 0) is 0 Å². The van der Waals surface area contributed by atoms with E-state index < -0.39 is 15.0 Å². The van der Waals surface area contributed by atoms with Crippen LogP contribution in [0.15, 0.2) is 29.3 Å². The minimum absolute atomic E-state index is 0.283. The first-order valence-corrected chi connectivity index (χ1v) is 14.7. The van der Waals surface area contributed by atoms with Crippen molar-refractivity contribution < 1.29 is 4.74 Å². The van der Waals surface area contributed by atoms with Gasteiger partial charge in [-0.05, 0) is 48.5 Å². The molecule has 1 aliphatic heterocycles. The van der Waals surface area contributed by atoms with E-state index in [9.17, 15) is 10.5 Å². The average Bonchev–Trinajstić information content (AvgIpc) is 3.44. The van der Waals surface area contributed by atoms with E-state index >= 15 is 0 Å². The largest absolute Gasteiger partial charge is 0.494 e. The number of amidine groups is 1. The Bertz CT molecular complexity index is 927. The normalized spacial score (nSPS) is 26.3. The van der Waals surface area contributed by atoms with Crippen LogP contribution in [0.5, 0.6) is 5.75 Å². The molecule has 3 atom stereocenters. The molecule has 1 fully saturated rings. The van der Waals surface area contributed by atoms with Crippen LogP contribution in [0.25, 0.3) is 0 Å². The zero-order chi connectivity index (χ0) is 24.7. The molecule has 2 N–H and O–H groups in total. The highest BCUT2D eigenvalue weighted by Crippen LogP contribution is 2.85. The second-order valence-corrected chi connectivity index (χ2v) is 12.1. The number of ether oxygens (including phenoxy) is 1. The number of nitriles is 2. The first-order valence-electron chi connectivity index (χ1n) is 12.7. The van der Waals surface area contributed by atoms with Crippen LogP contribution >= 0.6 is 23.5 Å². The van der Waals surface area contributed by atoms with Crippen LogP contribution in [0, 0.1) is 33.5 Å². The van der Waals surface area contributed by atoms with Crippen molar-refractivity contribution in [2.45, 2.75) is 82.3 Å². The Morgan fingerprint density at radius 3 is 2.09 bits per heavy atom. The number of benzene rings is 1. The quantitative estimate of drug-likeness (QED) is 0.210. The maximum Gasteiger partial charge on any atom is 0.175 e. The smallest absolute Gasteiger partial charge is 0.175 e. The highest BCUT2D eigenvalue weighted by molar-refractivity contribution is 8.18. The highest BCUT2D eigenvalue weighted by Gasteiger charge is 2.91. The molecular formula is C27H38N4OS2. The van der Waals surface area contributed by atoms with Crippen molar-refractivity contribution in [2.75, 3.05) is 18.1 Å². The van der Waals surface area contributed by atoms with Gasteiger partial charge in [0.1, 0.15) is 22.4 Å². The van der Waals surface area contributed by atoms with Gasteiger partial charge in [-0.3, -0.25) is 0 Å². The Balaban J connectivity index is 1.77. The van der Waals surface area contributed by atoms with Gasteiger partial charge in [-0.25, -0.2) is 4.99 Å². The van der Waals surface area contributed by atoms with Gasteiger partial charge in [0.2, 0.25) is 0 Å². The number of rotatable bonds is 15. The third-order valence-corrected chi connectivity index (χ3v) is 10.5. The molecule has 0 radical (unpaired) electrons. The maximum absolute atomic E-state index is 10.5. The van der Waals surface area contributed by atoms with E-state index in [1.165, 1.54) is 32.1 Å². The standard InChI is InChI=1S/C27H38N4OS2/c1-4-7-8-9-10-11-16-32-22-14-12-21(13-15-22)23-25(19-28)24(30)31-27(33-17-5-2,34-18-6-3)26(23,25)20-29/h12-15,23H,4-11,16-18H2,1-3H3,(H2,30,31). The molecule has 1 saturated carbocycles. The number of aliphatic imine (C=N–C) groups is 1. The molecule has 0 aromatic heterocycles. The van der Waals surface area contributed by atoms with Crippen molar-refractivity contribution in [3.05, 3.63) is 29.8 Å². The summed E-state index contributed by atoms with van der Waals surface area (Å²) in [5, 5.41) is 20.9. The van der Waals surface area contributed by atoms with Gasteiger partial charge in [0.05, 0.1) is 18.7 Å². The van der Waals surface area contributed by atoms with Gasteiger partial charge < -0.3 is 10.5 Å². The predicted octanol–water partition coefficient (Wildman–Crippen LogP) is 6.85. The SMILES string of the molecule is CCCCCCCCOc1ccc(C2C3(C#N)C(N)=NC(SCCC)(SCCC)C23C#N)cc1. The van der Waals surface area contributed by atoms with Crippen molar-refractivity contribution in [1.29, 1.82) is 10.5 Å². The molecule has 3 rings (SSSR count). The molecule has 1 aromatic rings. The molecule has 34 heavy (non-hydrogen) atoms. The number of thioether (sulfide) groups is 2. The van der Waals surface area contributed by atoms with Gasteiger partial charge >= 0.3 is 0 Å². The lowest BCUT2D eigenvalue weighted by Gasteiger charge is -2.32. The molecule has 0 bridgehead atoms. The fourth-order valence-electron chi connectivity index (χ4n) is 5.17. The van der Waals surface area contributed by atoms with Crippen LogP contribution in [0.2, 0.25) is 0 Å². The third kappa shape index (κ3) is 4.42. The van der Waals surface area contributed by atoms with E-state index in [2.05, 4.69) is 32.9 Å². The minimum atomic E-state index is -1.07. The molecule has 184 valence electrons. The minimum Gasteiger partial charge on any atom is -0.494 e. The average molecular weight is 499 g/mol. The Labute approximate surface area is 213 Å². The van der Waals surface area contributed by atoms with E-state index in [1.807, 2.05) is 24.3 Å². The van der Waals surface area contributed by atoms with E-state index in [4.69, 9.17) is 15.5 Å². The number of unbranched alkanes of at least 4 members (excludes halogenated alkanes) is 5. The van der Waals surface area contributed by atoms with Crippen LogP contribution in [0.4, 0.5) is 0 Å². The van der Waals surface area contributed by atoms with E-state index in [0.717, 1.165) is 42.1 Å². The lowest BCUT2D eigenvalue weighted by molar-refractivity contribution is 0.304. The van der Waals surface area contributed by atoms with E-state index in [1.54, 1.807) is 23.5 Å². The summed E-state index contributed by atoms with van der Waals surface area (Å²) in [6.07, 6.45) is 9.34. The zero-order valence-electron chi connectivity index (χ0n) is 20.8. The lowest BCUT2D eigenvalue weighted by atomic mass is 9.97. The van der Waals surface area contributed by atoms with Crippen LogP contribution < -0.4 is 10.5 Å². The first-order chi connectivity index (χ1) is 16.5. The number of hydrogen-bond donors (Lipinski definition) is 1. The van der Waals surface area contributed by atoms with Crippen molar-refractivity contribution >= 4 is 29.4 Å². The summed E-state index contributed by atoms with van der Waals surface area (Å²) in [7, 11) is 0. The molecule has 0 amide bonds. The summed E-state index contributed by atoms with van der Waals surface area (Å²) in [5.41, 5.74) is 5.39. The third-order valence-electron chi connectivity index (χ3n) is 6.91. The van der Waals surface area contributed by atoms with Crippen LogP contribution in [0.1, 0.15) is 83.6 Å². The predicted molar refractivity (Wildman–Crippen MR) is 144 cm³/mol. The van der Waals surface area contributed by atoms with Gasteiger partial charge in [0, 0.05) is 5.92 Å². The number of nitrogens with two attached hydrogens (primary N) is 1. The Morgan fingerprint density at radius 1 is 0.912 bits per heavy atom. The summed E-state index contributed by atoms with van der Waals surface area (Å²) in [5.74, 6) is 2.60. The summed E-state index contributed by atoms with van der Waals surface area (Å²) in [6, 6.07) is 13.0. The maximum atomic E-state index is 10.5. The fourth-order valence-corrected chi connectivity index (χ4v) is 8.39. The number of nitrogens with zero attached hydrogens (tertiary/aromatic N) is 3. The first kappa shape index (κ1) is 26.8. The van der Waals surface area contributed by atoms with Gasteiger partial charge in [0.15, 0.2) is 4.20 Å². The summed E-state index contributed by atoms with van der Waals surface area (Å²) in [6.45, 7) is 7.19. The topological polar surface area (TPSA) is 95.2 Å². The van der Waals surface area contributed by atoms with E-state index in [-0.39, 0.29) is 5.92 Å². The monoisotopic (exact) mass is 498 g/mol. The number of hydrogen-bond acceptors (Lipinski definition) is 7. The van der Waals surface area contributed by atoms with Gasteiger partial charge in [0.25, 0.3) is 0 Å². The summed E-state index contributed by atoms with van der Waals surface area (Å²) >= 11 is 3.36. The molecular weight excluding hydrogens is 460 g/mol. The molecule has 3 unspecified atom stereocenters. The number of fused-ring (bicyclic) bond motifs is 1. The second kappa shape index (κ2) is 11.7. The molecule has 2 aliphatic rings. The van der Waals surface area contributed by atoms with Gasteiger partial charge in [-0.1, -0.05) is 65.0 Å². The molecule has 0 spiro atoms.